The first-order chi connectivity index (χ1) is 8.27. The molecule has 0 saturated carbocycles. The second-order valence-electron chi connectivity index (χ2n) is 3.64. The fraction of sp³-hybridized carbons (Fsp3) is 0.538. The predicted octanol–water partition coefficient (Wildman–Crippen LogP) is 3.56. The average molecular weight is 271 g/mol. The van der Waals surface area contributed by atoms with Gasteiger partial charge in [-0.1, -0.05) is 18.2 Å². The molecule has 2 radical (unpaired) electrons. The Bertz CT molecular complexity index is 320. The first kappa shape index (κ1) is 14.4. The van der Waals surface area contributed by atoms with Gasteiger partial charge in [-0.2, -0.15) is 0 Å². The molecule has 1 atom stereocenters. The third-order valence-electron chi connectivity index (χ3n) is 2.19. The van der Waals surface area contributed by atoms with Crippen molar-refractivity contribution in [3.8, 4) is 11.5 Å². The lowest BCUT2D eigenvalue weighted by Crippen LogP contribution is -2.20. The molecule has 0 aromatic heterocycles. The van der Waals surface area contributed by atoms with Crippen LogP contribution in [0.2, 0.25) is 6.04 Å². The Morgan fingerprint density at radius 1 is 1.29 bits per heavy atom. The van der Waals surface area contributed by atoms with E-state index < -0.39 is 0 Å². The molecule has 0 fully saturated rings. The number of benzene rings is 1. The Balaban J connectivity index is 2.48. The van der Waals surface area contributed by atoms with Crippen LogP contribution in [0.4, 0.5) is 0 Å². The quantitative estimate of drug-likeness (QED) is 0.409. The largest absolute Gasteiger partial charge is 0.491 e. The van der Waals surface area contributed by atoms with E-state index >= 15 is 0 Å². The molecule has 1 aromatic rings. The first-order valence-electron chi connectivity index (χ1n) is 5.95. The first-order valence-corrected chi connectivity index (χ1v) is 7.77. The van der Waals surface area contributed by atoms with Crippen molar-refractivity contribution in [2.24, 2.45) is 0 Å². The fourth-order valence-electron chi connectivity index (χ4n) is 1.43. The van der Waals surface area contributed by atoms with Crippen LogP contribution in [0.1, 0.15) is 20.3 Å². The molecule has 0 bridgehead atoms. The van der Waals surface area contributed by atoms with Crippen LogP contribution in [0.3, 0.4) is 0 Å². The summed E-state index contributed by atoms with van der Waals surface area (Å²) in [7, 11) is 0.775. The number of hydrogen-bond donors (Lipinski definition) is 0. The molecule has 2 nitrogen and oxygen atoms in total. The van der Waals surface area contributed by atoms with Crippen molar-refractivity contribution in [2.45, 2.75) is 32.0 Å². The SMILES string of the molecule is CCOc1ccccc1OC(C)[Si]CCCCl. The summed E-state index contributed by atoms with van der Waals surface area (Å²) in [5.74, 6) is 2.39. The van der Waals surface area contributed by atoms with E-state index in [9.17, 15) is 0 Å². The molecule has 0 aliphatic carbocycles. The molecule has 0 aliphatic heterocycles. The van der Waals surface area contributed by atoms with Gasteiger partial charge in [-0.3, -0.25) is 0 Å². The van der Waals surface area contributed by atoms with E-state index in [0.717, 1.165) is 39.4 Å². The van der Waals surface area contributed by atoms with E-state index in [0.29, 0.717) is 6.61 Å². The molecule has 94 valence electrons. The molecular formula is C13H19ClO2Si. The summed E-state index contributed by atoms with van der Waals surface area (Å²) in [6.07, 6.45) is 1.06. The Morgan fingerprint density at radius 3 is 2.65 bits per heavy atom. The molecule has 17 heavy (non-hydrogen) atoms. The molecule has 4 heteroatoms. The van der Waals surface area contributed by atoms with Crippen molar-refractivity contribution < 1.29 is 9.47 Å². The zero-order valence-electron chi connectivity index (χ0n) is 10.4. The Labute approximate surface area is 111 Å². The van der Waals surface area contributed by atoms with Gasteiger partial charge in [0.25, 0.3) is 0 Å². The van der Waals surface area contributed by atoms with Crippen LogP contribution < -0.4 is 9.47 Å². The summed E-state index contributed by atoms with van der Waals surface area (Å²) in [4.78, 5) is 0. The van der Waals surface area contributed by atoms with Gasteiger partial charge in [-0.05, 0) is 32.4 Å². The van der Waals surface area contributed by atoms with Gasteiger partial charge in [0, 0.05) is 5.88 Å². The fourth-order valence-corrected chi connectivity index (χ4v) is 2.78. The van der Waals surface area contributed by atoms with Gasteiger partial charge < -0.3 is 9.47 Å². The van der Waals surface area contributed by atoms with Gasteiger partial charge in [0.1, 0.15) is 0 Å². The van der Waals surface area contributed by atoms with Crippen LogP contribution >= 0.6 is 11.6 Å². The highest BCUT2D eigenvalue weighted by molar-refractivity contribution is 6.37. The zero-order valence-corrected chi connectivity index (χ0v) is 12.2. The lowest BCUT2D eigenvalue weighted by molar-refractivity contribution is 0.263. The van der Waals surface area contributed by atoms with E-state index in [4.69, 9.17) is 21.1 Å². The molecule has 0 N–H and O–H groups in total. The topological polar surface area (TPSA) is 18.5 Å². The molecule has 0 aliphatic rings. The van der Waals surface area contributed by atoms with Gasteiger partial charge in [-0.15, -0.1) is 11.6 Å². The van der Waals surface area contributed by atoms with Crippen LogP contribution in [0, 0.1) is 0 Å². The van der Waals surface area contributed by atoms with Crippen molar-refractivity contribution >= 4 is 21.1 Å². The Kier molecular flexibility index (Phi) is 7.13. The minimum absolute atomic E-state index is 0.222. The second-order valence-corrected chi connectivity index (χ2v) is 5.74. The third kappa shape index (κ3) is 5.46. The van der Waals surface area contributed by atoms with E-state index in [2.05, 4.69) is 6.92 Å². The maximum Gasteiger partial charge on any atom is 0.161 e. The van der Waals surface area contributed by atoms with Crippen LogP contribution in [-0.4, -0.2) is 27.7 Å². The smallest absolute Gasteiger partial charge is 0.161 e. The predicted molar refractivity (Wildman–Crippen MR) is 73.6 cm³/mol. The normalized spacial score (nSPS) is 12.2. The highest BCUT2D eigenvalue weighted by Crippen LogP contribution is 2.27. The number of rotatable bonds is 8. The van der Waals surface area contributed by atoms with Gasteiger partial charge in [0.05, 0.1) is 21.9 Å². The van der Waals surface area contributed by atoms with E-state index in [1.807, 2.05) is 31.2 Å². The van der Waals surface area contributed by atoms with E-state index in [1.54, 1.807) is 0 Å². The lowest BCUT2D eigenvalue weighted by atomic mass is 10.3. The lowest BCUT2D eigenvalue weighted by Gasteiger charge is -2.16. The highest BCUT2D eigenvalue weighted by Gasteiger charge is 2.09. The van der Waals surface area contributed by atoms with Crippen molar-refractivity contribution in [2.75, 3.05) is 12.5 Å². The van der Waals surface area contributed by atoms with Crippen LogP contribution in [0.15, 0.2) is 24.3 Å². The Hall–Kier alpha value is -0.673. The van der Waals surface area contributed by atoms with E-state index in [-0.39, 0.29) is 5.73 Å². The third-order valence-corrected chi connectivity index (χ3v) is 3.80. The van der Waals surface area contributed by atoms with Gasteiger partial charge >= 0.3 is 0 Å². The molecule has 0 spiro atoms. The van der Waals surface area contributed by atoms with Gasteiger partial charge in [0.2, 0.25) is 0 Å². The van der Waals surface area contributed by atoms with Crippen LogP contribution in [0.25, 0.3) is 0 Å². The maximum atomic E-state index is 5.89. The molecule has 0 heterocycles. The Morgan fingerprint density at radius 2 is 2.00 bits per heavy atom. The van der Waals surface area contributed by atoms with Crippen molar-refractivity contribution in [1.82, 2.24) is 0 Å². The zero-order chi connectivity index (χ0) is 12.5. The summed E-state index contributed by atoms with van der Waals surface area (Å²) >= 11 is 5.66. The minimum atomic E-state index is 0.222. The summed E-state index contributed by atoms with van der Waals surface area (Å²) in [6, 6.07) is 8.94. The number of ether oxygens (including phenoxy) is 2. The number of para-hydroxylation sites is 2. The van der Waals surface area contributed by atoms with Gasteiger partial charge in [0.15, 0.2) is 11.5 Å². The van der Waals surface area contributed by atoms with Crippen molar-refractivity contribution in [3.05, 3.63) is 24.3 Å². The summed E-state index contributed by atoms with van der Waals surface area (Å²) < 4.78 is 11.4. The molecular weight excluding hydrogens is 252 g/mol. The summed E-state index contributed by atoms with van der Waals surface area (Å²) in [5.41, 5.74) is 0.222. The summed E-state index contributed by atoms with van der Waals surface area (Å²) in [6.45, 7) is 4.72. The number of hydrogen-bond acceptors (Lipinski definition) is 2. The molecule has 1 aromatic carbocycles. The maximum absolute atomic E-state index is 5.89. The highest BCUT2D eigenvalue weighted by atomic mass is 35.5. The second kappa shape index (κ2) is 8.42. The monoisotopic (exact) mass is 270 g/mol. The molecule has 0 amide bonds. The number of alkyl halides is 1. The number of halogens is 1. The summed E-state index contributed by atoms with van der Waals surface area (Å²) in [5, 5.41) is 0. The van der Waals surface area contributed by atoms with Crippen molar-refractivity contribution in [1.29, 1.82) is 0 Å². The molecule has 0 saturated heterocycles. The van der Waals surface area contributed by atoms with E-state index in [1.165, 1.54) is 0 Å². The molecule has 1 rings (SSSR count). The standard InChI is InChI=1S/C13H19ClO2Si/c1-3-15-12-7-4-5-8-13(12)16-11(2)17-10-6-9-14/h4-5,7-8,11H,3,6,9-10H2,1-2H3. The molecule has 1 unspecified atom stereocenters. The van der Waals surface area contributed by atoms with Crippen molar-refractivity contribution in [3.63, 3.8) is 0 Å². The van der Waals surface area contributed by atoms with Crippen LogP contribution in [-0.2, 0) is 0 Å². The average Bonchev–Trinajstić information content (AvgIpc) is 2.32. The minimum Gasteiger partial charge on any atom is -0.491 e. The van der Waals surface area contributed by atoms with Gasteiger partial charge in [-0.25, -0.2) is 0 Å². The van der Waals surface area contributed by atoms with Crippen LogP contribution in [0.5, 0.6) is 11.5 Å².